The minimum absolute atomic E-state index is 0.0405. The number of piperazine rings is 1. The minimum atomic E-state index is -4.65. The molecule has 1 aromatic carbocycles. The third-order valence-corrected chi connectivity index (χ3v) is 5.03. The van der Waals surface area contributed by atoms with E-state index < -0.39 is 17.6 Å². The largest absolute Gasteiger partial charge is 0.419 e. The fourth-order valence-corrected chi connectivity index (χ4v) is 3.96. The third kappa shape index (κ3) is 3.69. The molecule has 1 saturated heterocycles. The molecule has 1 heterocycles. The second kappa shape index (κ2) is 6.77. The third-order valence-electron chi connectivity index (χ3n) is 5.03. The lowest BCUT2D eigenvalue weighted by Crippen LogP contribution is -2.46. The van der Waals surface area contributed by atoms with Gasteiger partial charge < -0.3 is 5.32 Å². The molecule has 0 unspecified atom stereocenters. The molecule has 0 spiro atoms. The van der Waals surface area contributed by atoms with Gasteiger partial charge >= 0.3 is 6.18 Å². The first-order valence-corrected chi connectivity index (χ1v) is 8.28. The summed E-state index contributed by atoms with van der Waals surface area (Å²) in [6, 6.07) is 3.50. The van der Waals surface area contributed by atoms with Crippen molar-refractivity contribution in [2.45, 2.75) is 37.9 Å². The molecule has 2 aliphatic rings. The first-order chi connectivity index (χ1) is 11.0. The quantitative estimate of drug-likeness (QED) is 0.844. The molecule has 1 N–H and O–H groups in total. The summed E-state index contributed by atoms with van der Waals surface area (Å²) in [4.78, 5) is 2.26. The van der Waals surface area contributed by atoms with Crippen molar-refractivity contribution in [3.63, 3.8) is 0 Å². The molecule has 0 amide bonds. The molecule has 3 rings (SSSR count). The number of hydrogen-bond donors (Lipinski definition) is 1. The Labute approximate surface area is 133 Å². The van der Waals surface area contributed by atoms with Crippen LogP contribution >= 0.6 is 0 Å². The summed E-state index contributed by atoms with van der Waals surface area (Å²) in [5.41, 5.74) is -0.541. The van der Waals surface area contributed by atoms with Crippen LogP contribution in [0, 0.1) is 11.7 Å². The summed E-state index contributed by atoms with van der Waals surface area (Å²) >= 11 is 0. The maximum atomic E-state index is 13.6. The molecule has 2 fully saturated rings. The summed E-state index contributed by atoms with van der Waals surface area (Å²) in [6.07, 6.45) is -0.328. The van der Waals surface area contributed by atoms with Gasteiger partial charge in [0.1, 0.15) is 5.82 Å². The summed E-state index contributed by atoms with van der Waals surface area (Å²) in [7, 11) is 0. The molecule has 6 heteroatoms. The molecule has 1 atom stereocenters. The number of benzene rings is 1. The van der Waals surface area contributed by atoms with Crippen LogP contribution in [0.15, 0.2) is 18.2 Å². The van der Waals surface area contributed by atoms with Gasteiger partial charge in [-0.25, -0.2) is 4.39 Å². The van der Waals surface area contributed by atoms with Crippen molar-refractivity contribution in [3.8, 4) is 0 Å². The maximum absolute atomic E-state index is 13.6. The van der Waals surface area contributed by atoms with Crippen LogP contribution in [0.4, 0.5) is 17.6 Å². The van der Waals surface area contributed by atoms with Gasteiger partial charge in [0, 0.05) is 32.2 Å². The molecule has 1 saturated carbocycles. The van der Waals surface area contributed by atoms with E-state index in [0.717, 1.165) is 64.0 Å². The van der Waals surface area contributed by atoms with E-state index in [4.69, 9.17) is 0 Å². The van der Waals surface area contributed by atoms with Crippen molar-refractivity contribution < 1.29 is 17.6 Å². The Hall–Kier alpha value is -1.14. The Kier molecular flexibility index (Phi) is 4.92. The lowest BCUT2D eigenvalue weighted by atomic mass is 9.88. The second-order valence-electron chi connectivity index (χ2n) is 6.51. The molecule has 1 aliphatic carbocycles. The minimum Gasteiger partial charge on any atom is -0.314 e. The molecule has 0 aromatic heterocycles. The van der Waals surface area contributed by atoms with Crippen LogP contribution in [0.2, 0.25) is 0 Å². The van der Waals surface area contributed by atoms with Crippen molar-refractivity contribution in [2.75, 3.05) is 26.2 Å². The van der Waals surface area contributed by atoms with Crippen LogP contribution in [0.25, 0.3) is 0 Å². The van der Waals surface area contributed by atoms with E-state index >= 15 is 0 Å². The normalized spacial score (nSPS) is 22.4. The van der Waals surface area contributed by atoms with Crippen molar-refractivity contribution in [1.29, 1.82) is 0 Å². The maximum Gasteiger partial charge on any atom is 0.419 e. The average Bonchev–Trinajstić information content (AvgIpc) is 3.03. The summed E-state index contributed by atoms with van der Waals surface area (Å²) in [5.74, 6) is -0.827. The van der Waals surface area contributed by atoms with E-state index in [1.54, 1.807) is 0 Å². The van der Waals surface area contributed by atoms with E-state index in [9.17, 15) is 17.6 Å². The SMILES string of the molecule is Fc1ccc([C@@H](C2CCCC2)N2CCNCC2)cc1C(F)(F)F. The molecule has 0 radical (unpaired) electrons. The zero-order chi connectivity index (χ0) is 16.4. The Bertz CT molecular complexity index is 532. The van der Waals surface area contributed by atoms with Gasteiger partial charge in [-0.05, 0) is 36.5 Å². The van der Waals surface area contributed by atoms with Crippen LogP contribution in [0.1, 0.15) is 42.9 Å². The van der Waals surface area contributed by atoms with Crippen LogP contribution in [0.3, 0.4) is 0 Å². The summed E-state index contributed by atoms with van der Waals surface area (Å²) in [5, 5.41) is 3.27. The van der Waals surface area contributed by atoms with Gasteiger partial charge in [0.05, 0.1) is 5.56 Å². The van der Waals surface area contributed by atoms with Gasteiger partial charge in [0.2, 0.25) is 0 Å². The van der Waals surface area contributed by atoms with Gasteiger partial charge in [0.15, 0.2) is 0 Å². The lowest BCUT2D eigenvalue weighted by Gasteiger charge is -2.39. The summed E-state index contributed by atoms with van der Waals surface area (Å²) in [6.45, 7) is 3.33. The number of nitrogens with one attached hydrogen (secondary N) is 1. The monoisotopic (exact) mass is 330 g/mol. The molecule has 0 bridgehead atoms. The highest BCUT2D eigenvalue weighted by molar-refractivity contribution is 5.30. The van der Waals surface area contributed by atoms with E-state index in [1.807, 2.05) is 0 Å². The Morgan fingerprint density at radius 1 is 1.09 bits per heavy atom. The van der Waals surface area contributed by atoms with Gasteiger partial charge in [-0.2, -0.15) is 13.2 Å². The predicted octanol–water partition coefficient (Wildman–Crippen LogP) is 3.98. The molecule has 2 nitrogen and oxygen atoms in total. The van der Waals surface area contributed by atoms with Gasteiger partial charge in [0.25, 0.3) is 0 Å². The highest BCUT2D eigenvalue weighted by Crippen LogP contribution is 2.41. The zero-order valence-corrected chi connectivity index (χ0v) is 13.0. The Morgan fingerprint density at radius 2 is 1.74 bits per heavy atom. The van der Waals surface area contributed by atoms with Crippen LogP contribution in [-0.2, 0) is 6.18 Å². The van der Waals surface area contributed by atoms with E-state index in [1.165, 1.54) is 6.07 Å². The smallest absolute Gasteiger partial charge is 0.314 e. The van der Waals surface area contributed by atoms with Crippen molar-refractivity contribution in [1.82, 2.24) is 10.2 Å². The lowest BCUT2D eigenvalue weighted by molar-refractivity contribution is -0.140. The Morgan fingerprint density at radius 3 is 2.35 bits per heavy atom. The fraction of sp³-hybridized carbons (Fsp3) is 0.647. The van der Waals surface area contributed by atoms with Crippen molar-refractivity contribution in [2.24, 2.45) is 5.92 Å². The van der Waals surface area contributed by atoms with Crippen LogP contribution in [-0.4, -0.2) is 31.1 Å². The number of halogens is 4. The van der Waals surface area contributed by atoms with Gasteiger partial charge in [-0.3, -0.25) is 4.90 Å². The molecule has 23 heavy (non-hydrogen) atoms. The summed E-state index contributed by atoms with van der Waals surface area (Å²) < 4.78 is 52.7. The highest BCUT2D eigenvalue weighted by Gasteiger charge is 2.37. The first-order valence-electron chi connectivity index (χ1n) is 8.28. The first kappa shape index (κ1) is 16.7. The van der Waals surface area contributed by atoms with Gasteiger partial charge in [-0.1, -0.05) is 18.9 Å². The molecular weight excluding hydrogens is 308 g/mol. The van der Waals surface area contributed by atoms with Gasteiger partial charge in [-0.15, -0.1) is 0 Å². The highest BCUT2D eigenvalue weighted by atomic mass is 19.4. The average molecular weight is 330 g/mol. The molecule has 1 aromatic rings. The number of hydrogen-bond acceptors (Lipinski definition) is 2. The van der Waals surface area contributed by atoms with Crippen molar-refractivity contribution >= 4 is 0 Å². The van der Waals surface area contributed by atoms with Crippen molar-refractivity contribution in [3.05, 3.63) is 35.1 Å². The van der Waals surface area contributed by atoms with Crippen LogP contribution in [0.5, 0.6) is 0 Å². The van der Waals surface area contributed by atoms with E-state index in [-0.39, 0.29) is 6.04 Å². The zero-order valence-electron chi connectivity index (χ0n) is 13.0. The molecule has 1 aliphatic heterocycles. The number of nitrogens with zero attached hydrogens (tertiary/aromatic N) is 1. The Balaban J connectivity index is 1.95. The number of alkyl halides is 3. The second-order valence-corrected chi connectivity index (χ2v) is 6.51. The standard InChI is InChI=1S/C17H22F4N2/c18-15-6-5-13(11-14(15)17(19,20)21)16(12-3-1-2-4-12)23-9-7-22-8-10-23/h5-6,11-12,16,22H,1-4,7-10H2/t16-/m1/s1. The molecule has 128 valence electrons. The van der Waals surface area contributed by atoms with E-state index in [0.29, 0.717) is 11.5 Å². The van der Waals surface area contributed by atoms with E-state index in [2.05, 4.69) is 10.2 Å². The predicted molar refractivity (Wildman–Crippen MR) is 80.5 cm³/mol. The van der Waals surface area contributed by atoms with Crippen LogP contribution < -0.4 is 5.32 Å². The molecular formula is C17H22F4N2. The topological polar surface area (TPSA) is 15.3 Å². The fourth-order valence-electron chi connectivity index (χ4n) is 3.96. The number of rotatable bonds is 3.